The van der Waals surface area contributed by atoms with E-state index in [1.165, 1.54) is 0 Å². The van der Waals surface area contributed by atoms with Crippen LogP contribution in [-0.4, -0.2) is 34.7 Å². The van der Waals surface area contributed by atoms with E-state index in [1.54, 1.807) is 11.1 Å². The van der Waals surface area contributed by atoms with Crippen LogP contribution in [0.5, 0.6) is 0 Å². The first kappa shape index (κ1) is 13.9. The number of carbonyl (C=O) groups excluding carboxylic acids is 1. The number of amides is 1. The molecule has 1 saturated carbocycles. The van der Waals surface area contributed by atoms with Gasteiger partial charge in [0, 0.05) is 31.1 Å². The van der Waals surface area contributed by atoms with Crippen LogP contribution in [0, 0.1) is 23.2 Å². The minimum Gasteiger partial charge on any atom is -0.444 e. The number of nitrogens with zero attached hydrogens (tertiary/aromatic N) is 3. The summed E-state index contributed by atoms with van der Waals surface area (Å²) in [5.41, 5.74) is -0.178. The zero-order chi connectivity index (χ0) is 15.3. The molecule has 110 valence electrons. The quantitative estimate of drug-likeness (QED) is 0.794. The van der Waals surface area contributed by atoms with Crippen molar-refractivity contribution in [3.05, 3.63) is 30.1 Å². The van der Waals surface area contributed by atoms with Gasteiger partial charge in [-0.1, -0.05) is 6.07 Å². The van der Waals surface area contributed by atoms with Gasteiger partial charge in [0.25, 0.3) is 0 Å². The predicted molar refractivity (Wildman–Crippen MR) is 76.3 cm³/mol. The van der Waals surface area contributed by atoms with Crippen molar-refractivity contribution in [2.75, 3.05) is 13.1 Å². The minimum absolute atomic E-state index is 0.171. The molecule has 2 aliphatic rings. The molecule has 3 rings (SSSR count). The molecule has 2 unspecified atom stereocenters. The van der Waals surface area contributed by atoms with Gasteiger partial charge >= 0.3 is 6.09 Å². The third-order valence-electron chi connectivity index (χ3n) is 4.31. The predicted octanol–water partition coefficient (Wildman–Crippen LogP) is 2.34. The Hall–Kier alpha value is -2.09. The average molecular weight is 285 g/mol. The molecule has 1 aromatic rings. The molecule has 1 aliphatic carbocycles. The zero-order valence-corrected chi connectivity index (χ0v) is 12.5. The van der Waals surface area contributed by atoms with Gasteiger partial charge in [-0.2, -0.15) is 5.26 Å². The summed E-state index contributed by atoms with van der Waals surface area (Å²) in [5, 5.41) is 9.60. The molecule has 1 saturated heterocycles. The van der Waals surface area contributed by atoms with Crippen molar-refractivity contribution in [3.8, 4) is 6.07 Å². The van der Waals surface area contributed by atoms with E-state index in [0.717, 1.165) is 5.69 Å². The molecular weight excluding hydrogens is 266 g/mol. The van der Waals surface area contributed by atoms with Crippen LogP contribution < -0.4 is 0 Å². The summed E-state index contributed by atoms with van der Waals surface area (Å²) < 4.78 is 5.39. The number of nitriles is 1. The lowest BCUT2D eigenvalue weighted by Gasteiger charge is -2.27. The lowest BCUT2D eigenvalue weighted by atomic mass is 9.96. The largest absolute Gasteiger partial charge is 0.444 e. The molecule has 0 spiro atoms. The van der Waals surface area contributed by atoms with Gasteiger partial charge in [-0.15, -0.1) is 0 Å². The number of carbonyl (C=O) groups is 1. The van der Waals surface area contributed by atoms with Crippen molar-refractivity contribution < 1.29 is 9.53 Å². The fraction of sp³-hybridized carbons (Fsp3) is 0.562. The molecule has 5 nitrogen and oxygen atoms in total. The Bertz CT molecular complexity index is 588. The number of rotatable bonds is 1. The maximum Gasteiger partial charge on any atom is 0.410 e. The van der Waals surface area contributed by atoms with Crippen LogP contribution in [0.15, 0.2) is 24.4 Å². The third kappa shape index (κ3) is 2.15. The van der Waals surface area contributed by atoms with Crippen molar-refractivity contribution in [2.45, 2.75) is 31.8 Å². The maximum absolute atomic E-state index is 12.1. The van der Waals surface area contributed by atoms with Crippen molar-refractivity contribution in [1.29, 1.82) is 5.26 Å². The Labute approximate surface area is 124 Å². The highest BCUT2D eigenvalue weighted by Gasteiger charge is 2.71. The number of likely N-dealkylation sites (tertiary alicyclic amines) is 1. The van der Waals surface area contributed by atoms with Crippen LogP contribution in [-0.2, 0) is 10.2 Å². The number of pyridine rings is 1. The van der Waals surface area contributed by atoms with Gasteiger partial charge in [0.1, 0.15) is 11.0 Å². The molecule has 0 bridgehead atoms. The molecule has 0 aromatic carbocycles. The Balaban J connectivity index is 1.71. The molecule has 5 heteroatoms. The molecule has 0 radical (unpaired) electrons. The molecule has 2 atom stereocenters. The maximum atomic E-state index is 12.1. The number of hydrogen-bond donors (Lipinski definition) is 0. The van der Waals surface area contributed by atoms with Gasteiger partial charge in [-0.3, -0.25) is 4.98 Å². The number of fused-ring (bicyclic) bond motifs is 1. The second-order valence-corrected chi connectivity index (χ2v) is 6.79. The first-order chi connectivity index (χ1) is 9.88. The van der Waals surface area contributed by atoms with E-state index in [2.05, 4.69) is 11.1 Å². The average Bonchev–Trinajstić information content (AvgIpc) is 2.80. The summed E-state index contributed by atoms with van der Waals surface area (Å²) in [5.74, 6) is 0.342. The van der Waals surface area contributed by atoms with Gasteiger partial charge in [0.15, 0.2) is 0 Å². The van der Waals surface area contributed by atoms with E-state index in [9.17, 15) is 10.1 Å². The van der Waals surface area contributed by atoms with Crippen molar-refractivity contribution >= 4 is 6.09 Å². The van der Waals surface area contributed by atoms with Crippen molar-refractivity contribution in [1.82, 2.24) is 9.88 Å². The van der Waals surface area contributed by atoms with Crippen LogP contribution >= 0.6 is 0 Å². The number of ether oxygens (including phenoxy) is 1. The number of aromatic nitrogens is 1. The summed E-state index contributed by atoms with van der Waals surface area (Å²) in [6, 6.07) is 8.09. The first-order valence-corrected chi connectivity index (χ1v) is 7.19. The Morgan fingerprint density at radius 1 is 1.43 bits per heavy atom. The van der Waals surface area contributed by atoms with E-state index < -0.39 is 11.0 Å². The highest BCUT2D eigenvalue weighted by atomic mass is 16.6. The van der Waals surface area contributed by atoms with Crippen molar-refractivity contribution in [3.63, 3.8) is 0 Å². The van der Waals surface area contributed by atoms with Gasteiger partial charge < -0.3 is 9.64 Å². The number of piperidine rings is 1. The molecule has 0 N–H and O–H groups in total. The van der Waals surface area contributed by atoms with Crippen LogP contribution in [0.3, 0.4) is 0 Å². The van der Waals surface area contributed by atoms with Gasteiger partial charge in [-0.05, 0) is 32.9 Å². The second kappa shape index (κ2) is 4.45. The van der Waals surface area contributed by atoms with Gasteiger partial charge in [0.2, 0.25) is 0 Å². The number of hydrogen-bond acceptors (Lipinski definition) is 4. The topological polar surface area (TPSA) is 66.2 Å². The summed E-state index contributed by atoms with van der Waals surface area (Å²) in [4.78, 5) is 18.1. The fourth-order valence-electron chi connectivity index (χ4n) is 3.32. The molecular formula is C16H19N3O2. The standard InChI is InChI=1S/C16H19N3O2/c1-15(2,3)21-14(20)19-8-11-12(9-19)16(11,10-17)13-6-4-5-7-18-13/h4-7,11-12H,8-9H2,1-3H3. The summed E-state index contributed by atoms with van der Waals surface area (Å²) in [6.45, 7) is 6.72. The van der Waals surface area contributed by atoms with Gasteiger partial charge in [0.05, 0.1) is 11.8 Å². The van der Waals surface area contributed by atoms with Crippen molar-refractivity contribution in [2.24, 2.45) is 11.8 Å². The monoisotopic (exact) mass is 285 g/mol. The molecule has 21 heavy (non-hydrogen) atoms. The lowest BCUT2D eigenvalue weighted by Crippen LogP contribution is -2.39. The van der Waals surface area contributed by atoms with E-state index >= 15 is 0 Å². The van der Waals surface area contributed by atoms with Gasteiger partial charge in [-0.25, -0.2) is 4.79 Å². The summed E-state index contributed by atoms with van der Waals surface area (Å²) in [6.07, 6.45) is 1.43. The first-order valence-electron chi connectivity index (χ1n) is 7.19. The van der Waals surface area contributed by atoms with E-state index in [0.29, 0.717) is 13.1 Å². The molecule has 1 amide bonds. The zero-order valence-electron chi connectivity index (χ0n) is 12.5. The Kier molecular flexibility index (Phi) is 2.94. The smallest absolute Gasteiger partial charge is 0.410 e. The van der Waals surface area contributed by atoms with Crippen LogP contribution in [0.25, 0.3) is 0 Å². The lowest BCUT2D eigenvalue weighted by molar-refractivity contribution is 0.0265. The highest BCUT2D eigenvalue weighted by Crippen LogP contribution is 2.62. The summed E-state index contributed by atoms with van der Waals surface area (Å²) in [7, 11) is 0. The Morgan fingerprint density at radius 3 is 2.57 bits per heavy atom. The molecule has 1 aromatic heterocycles. The van der Waals surface area contributed by atoms with E-state index in [1.807, 2.05) is 39.0 Å². The minimum atomic E-state index is -0.514. The SMILES string of the molecule is CC(C)(C)OC(=O)N1CC2C(C1)C2(C#N)c1ccccn1. The van der Waals surface area contributed by atoms with E-state index in [4.69, 9.17) is 4.74 Å². The normalized spacial score (nSPS) is 30.5. The van der Waals surface area contributed by atoms with E-state index in [-0.39, 0.29) is 17.9 Å². The molecule has 1 aliphatic heterocycles. The van der Waals surface area contributed by atoms with Crippen LogP contribution in [0.4, 0.5) is 4.79 Å². The fourth-order valence-corrected chi connectivity index (χ4v) is 3.32. The Morgan fingerprint density at radius 2 is 2.10 bits per heavy atom. The second-order valence-electron chi connectivity index (χ2n) is 6.79. The van der Waals surface area contributed by atoms with Crippen LogP contribution in [0.1, 0.15) is 26.5 Å². The molecule has 2 heterocycles. The highest BCUT2D eigenvalue weighted by molar-refractivity contribution is 5.69. The molecule has 2 fully saturated rings. The van der Waals surface area contributed by atoms with Crippen LogP contribution in [0.2, 0.25) is 0 Å². The third-order valence-corrected chi connectivity index (χ3v) is 4.31. The summed E-state index contributed by atoms with van der Waals surface area (Å²) >= 11 is 0.